The molecule has 3 N–H and O–H groups in total. The predicted octanol–water partition coefficient (Wildman–Crippen LogP) is 9.03. The van der Waals surface area contributed by atoms with Crippen LogP contribution in [0, 0.1) is 17.8 Å². The number of aliphatic hydroxyl groups excluding tert-OH is 2. The number of allylic oxidation sites excluding steroid dienone is 1. The summed E-state index contributed by atoms with van der Waals surface area (Å²) in [6, 6.07) is 19.4. The number of nitrogens with zero attached hydrogens (tertiary/aromatic N) is 2. The van der Waals surface area contributed by atoms with Crippen molar-refractivity contribution in [2.24, 2.45) is 22.9 Å². The molecule has 358 valence electrons. The first-order chi connectivity index (χ1) is 32.2. The van der Waals surface area contributed by atoms with Crippen LogP contribution in [-0.4, -0.2) is 105 Å². The van der Waals surface area contributed by atoms with Crippen LogP contribution in [0.2, 0.25) is 0 Å². The molecule has 1 heterocycles. The van der Waals surface area contributed by atoms with Crippen LogP contribution in [0.3, 0.4) is 0 Å². The van der Waals surface area contributed by atoms with E-state index < -0.39 is 29.9 Å². The number of unbranched alkanes of at least 4 members (excludes halogenated alkanes) is 2. The van der Waals surface area contributed by atoms with Crippen molar-refractivity contribution >= 4 is 23.6 Å². The number of oxime groups is 1. The lowest BCUT2D eigenvalue weighted by atomic mass is 9.55. The molecule has 1 saturated carbocycles. The van der Waals surface area contributed by atoms with Gasteiger partial charge in [0.15, 0.2) is 0 Å². The fourth-order valence-corrected chi connectivity index (χ4v) is 9.65. The molecule has 66 heavy (non-hydrogen) atoms. The molecule has 3 aromatic rings. The Balaban J connectivity index is 1.44. The number of ether oxygens (including phenoxy) is 7. The molecule has 15 heteroatoms. The van der Waals surface area contributed by atoms with Gasteiger partial charge in [0.25, 0.3) is 0 Å². The van der Waals surface area contributed by atoms with E-state index in [0.717, 1.165) is 42.4 Å². The number of rotatable bonds is 25. The standard InChI is InChI=1S/C51H67N3O12/c1-6-24-54(50(58)62-29-28-61-34-35-16-10-9-11-17-35)46-33-43(53-64-8-3)40-30-36(18-12-14-25-55)39(19-13-15-26-56)47-41-31-38(21-23-44(41)66-51(46,48(40)47)63-27-7-2)65-49(57)52-42-22-20-37(59-4)32-45(42)60-5/h7,9-11,16-17,20-23,30-32,36,39,46-48,55-56H,2,6,8,12-15,18-19,24-29,33-34H2,1,3-5H3,(H,52,57). The molecule has 15 nitrogen and oxygen atoms in total. The Bertz CT molecular complexity index is 2110. The fourth-order valence-electron chi connectivity index (χ4n) is 9.65. The second kappa shape index (κ2) is 24.8. The Morgan fingerprint density at radius 1 is 0.955 bits per heavy atom. The molecule has 3 aromatic carbocycles. The van der Waals surface area contributed by atoms with Gasteiger partial charge in [0, 0.05) is 43.7 Å². The van der Waals surface area contributed by atoms with Crippen LogP contribution in [0.25, 0.3) is 0 Å². The van der Waals surface area contributed by atoms with Crippen molar-refractivity contribution in [1.82, 2.24) is 4.90 Å². The maximum atomic E-state index is 14.5. The number of aliphatic hydroxyl groups is 2. The zero-order valence-electron chi connectivity index (χ0n) is 38.8. The van der Waals surface area contributed by atoms with Gasteiger partial charge in [-0.25, -0.2) is 9.59 Å². The van der Waals surface area contributed by atoms with E-state index in [1.54, 1.807) is 48.4 Å². The lowest BCUT2D eigenvalue weighted by Crippen LogP contribution is -2.70. The molecule has 6 atom stereocenters. The van der Waals surface area contributed by atoms with Crippen molar-refractivity contribution in [3.63, 3.8) is 0 Å². The second-order valence-electron chi connectivity index (χ2n) is 16.6. The third-order valence-electron chi connectivity index (χ3n) is 12.4. The minimum absolute atomic E-state index is 0.0147. The highest BCUT2D eigenvalue weighted by Crippen LogP contribution is 2.62. The van der Waals surface area contributed by atoms with Gasteiger partial charge in [0.2, 0.25) is 5.79 Å². The smallest absolute Gasteiger partial charge is 0.417 e. The van der Waals surface area contributed by atoms with E-state index in [0.29, 0.717) is 67.7 Å². The highest BCUT2D eigenvalue weighted by Gasteiger charge is 2.65. The number of hydrogen-bond donors (Lipinski definition) is 3. The van der Waals surface area contributed by atoms with Crippen LogP contribution < -0.4 is 24.3 Å². The largest absolute Gasteiger partial charge is 0.497 e. The molecule has 3 aliphatic rings. The van der Waals surface area contributed by atoms with Gasteiger partial charge in [0.05, 0.1) is 51.4 Å². The maximum absolute atomic E-state index is 14.5. The topological polar surface area (TPSA) is 176 Å². The molecule has 6 unspecified atom stereocenters. The molecule has 0 spiro atoms. The van der Waals surface area contributed by atoms with Gasteiger partial charge in [-0.2, -0.15) is 0 Å². The van der Waals surface area contributed by atoms with Crippen molar-refractivity contribution in [2.45, 2.75) is 89.6 Å². The van der Waals surface area contributed by atoms with Crippen molar-refractivity contribution in [2.75, 3.05) is 65.7 Å². The normalized spacial score (nSPS) is 22.2. The van der Waals surface area contributed by atoms with Crippen molar-refractivity contribution in [3.05, 3.63) is 102 Å². The highest BCUT2D eigenvalue weighted by molar-refractivity contribution is 6.03. The summed E-state index contributed by atoms with van der Waals surface area (Å²) in [6.07, 6.45) is 7.82. The molecule has 1 fully saturated rings. The number of fused-ring (bicyclic) bond motifs is 2. The molecular formula is C51H67N3O12. The summed E-state index contributed by atoms with van der Waals surface area (Å²) < 4.78 is 42.9. The number of hydrogen-bond acceptors (Lipinski definition) is 13. The Kier molecular flexibility index (Phi) is 18.7. The monoisotopic (exact) mass is 913 g/mol. The summed E-state index contributed by atoms with van der Waals surface area (Å²) >= 11 is 0. The number of anilines is 1. The zero-order valence-corrected chi connectivity index (χ0v) is 38.8. The Hall–Kier alpha value is -5.61. The van der Waals surface area contributed by atoms with Crippen molar-refractivity contribution in [1.29, 1.82) is 0 Å². The molecule has 0 bridgehead atoms. The first kappa shape index (κ1) is 49.8. The van der Waals surface area contributed by atoms with E-state index in [1.165, 1.54) is 7.11 Å². The van der Waals surface area contributed by atoms with E-state index in [9.17, 15) is 19.8 Å². The molecule has 0 aromatic heterocycles. The van der Waals surface area contributed by atoms with Gasteiger partial charge in [-0.1, -0.05) is 67.4 Å². The van der Waals surface area contributed by atoms with Gasteiger partial charge >= 0.3 is 12.2 Å². The van der Waals surface area contributed by atoms with Gasteiger partial charge in [-0.3, -0.25) is 10.2 Å². The van der Waals surface area contributed by atoms with Crippen LogP contribution in [-0.2, 0) is 25.7 Å². The number of amides is 2. The third kappa shape index (κ3) is 11.9. The first-order valence-corrected chi connectivity index (χ1v) is 23.2. The van der Waals surface area contributed by atoms with Crippen LogP contribution in [0.4, 0.5) is 15.3 Å². The van der Waals surface area contributed by atoms with Gasteiger partial charge in [-0.05, 0) is 92.3 Å². The molecule has 1 aliphatic heterocycles. The van der Waals surface area contributed by atoms with E-state index in [4.69, 9.17) is 43.2 Å². The quantitative estimate of drug-likeness (QED) is 0.0419. The molecule has 6 rings (SSSR count). The molecular weight excluding hydrogens is 847 g/mol. The minimum Gasteiger partial charge on any atom is -0.497 e. The van der Waals surface area contributed by atoms with E-state index in [1.807, 2.05) is 50.2 Å². The number of carbonyl (C=O) groups is 2. The summed E-state index contributed by atoms with van der Waals surface area (Å²) in [4.78, 5) is 35.6. The van der Waals surface area contributed by atoms with Crippen LogP contribution in [0.1, 0.15) is 82.3 Å². The third-order valence-corrected chi connectivity index (χ3v) is 12.4. The van der Waals surface area contributed by atoms with Gasteiger partial charge in [0.1, 0.15) is 42.3 Å². The Labute approximate surface area is 388 Å². The lowest BCUT2D eigenvalue weighted by molar-refractivity contribution is -0.255. The van der Waals surface area contributed by atoms with Crippen molar-refractivity contribution < 1.29 is 57.8 Å². The molecule has 2 amide bonds. The van der Waals surface area contributed by atoms with E-state index in [-0.39, 0.29) is 63.0 Å². The maximum Gasteiger partial charge on any atom is 0.417 e. The Morgan fingerprint density at radius 3 is 2.44 bits per heavy atom. The summed E-state index contributed by atoms with van der Waals surface area (Å²) in [6.45, 7) is 9.38. The average Bonchev–Trinajstić information content (AvgIpc) is 3.33. The predicted molar refractivity (Wildman–Crippen MR) is 250 cm³/mol. The lowest BCUT2D eigenvalue weighted by Gasteiger charge is -2.59. The van der Waals surface area contributed by atoms with Crippen LogP contribution in [0.15, 0.2) is 96.2 Å². The van der Waals surface area contributed by atoms with Gasteiger partial charge in [-0.15, -0.1) is 6.58 Å². The SMILES string of the molecule is C=CCOC12Oc3ccc(OC(=O)Nc4ccc(OC)cc4OC)cc3C3C(CCCCO)C(CCCCO)C=C(C(=NOCC)CC1N(CCC)C(=O)OCCOCc1ccccc1)C32. The molecule has 0 saturated heterocycles. The number of benzene rings is 3. The van der Waals surface area contributed by atoms with Crippen LogP contribution in [0.5, 0.6) is 23.0 Å². The minimum atomic E-state index is -1.48. The first-order valence-electron chi connectivity index (χ1n) is 23.2. The fraction of sp³-hybridized carbons (Fsp3) is 0.510. The Morgan fingerprint density at radius 2 is 1.73 bits per heavy atom. The van der Waals surface area contributed by atoms with Crippen molar-refractivity contribution in [3.8, 4) is 23.0 Å². The summed E-state index contributed by atoms with van der Waals surface area (Å²) in [5, 5.41) is 27.4. The summed E-state index contributed by atoms with van der Waals surface area (Å²) in [7, 11) is 3.05. The molecule has 2 aliphatic carbocycles. The van der Waals surface area contributed by atoms with E-state index >= 15 is 0 Å². The molecule has 0 radical (unpaired) electrons. The highest BCUT2D eigenvalue weighted by atomic mass is 16.7. The summed E-state index contributed by atoms with van der Waals surface area (Å²) in [5.41, 5.74) is 3.77. The number of methoxy groups -OCH3 is 2. The van der Waals surface area contributed by atoms with Gasteiger partial charge < -0.3 is 48.2 Å². The summed E-state index contributed by atoms with van der Waals surface area (Å²) in [5.74, 6) is -0.614. The zero-order chi connectivity index (χ0) is 46.9. The number of nitrogens with one attached hydrogen (secondary N) is 1. The second-order valence-corrected chi connectivity index (χ2v) is 16.6. The number of carbonyl (C=O) groups excluding carboxylic acids is 2. The average molecular weight is 914 g/mol. The van der Waals surface area contributed by atoms with E-state index in [2.05, 4.69) is 18.0 Å². The van der Waals surface area contributed by atoms with Crippen LogP contribution >= 0.6 is 0 Å².